The van der Waals surface area contributed by atoms with Gasteiger partial charge in [-0.1, -0.05) is 31.0 Å². The van der Waals surface area contributed by atoms with Gasteiger partial charge in [-0.2, -0.15) is 0 Å². The molecule has 1 aliphatic carbocycles. The highest BCUT2D eigenvalue weighted by molar-refractivity contribution is 7.89. The molecule has 0 amide bonds. The average molecular weight is 311 g/mol. The highest BCUT2D eigenvalue weighted by Crippen LogP contribution is 2.33. The van der Waals surface area contributed by atoms with Gasteiger partial charge in [-0.15, -0.1) is 0 Å². The Bertz CT molecular complexity index is 558. The minimum Gasteiger partial charge on any atom is -0.389 e. The second kappa shape index (κ2) is 6.46. The summed E-state index contributed by atoms with van der Waals surface area (Å²) >= 11 is 0. The molecule has 1 fully saturated rings. The van der Waals surface area contributed by atoms with Crippen LogP contribution in [0.15, 0.2) is 29.2 Å². The molecular weight excluding hydrogens is 286 g/mol. The Kier molecular flexibility index (Phi) is 5.07. The second-order valence-corrected chi connectivity index (χ2v) is 7.98. The summed E-state index contributed by atoms with van der Waals surface area (Å²) in [5, 5.41) is 10.5. The summed E-state index contributed by atoms with van der Waals surface area (Å²) in [7, 11) is -3.54. The Morgan fingerprint density at radius 3 is 2.33 bits per heavy atom. The molecule has 1 aromatic rings. The lowest BCUT2D eigenvalue weighted by Crippen LogP contribution is -2.45. The van der Waals surface area contributed by atoms with Gasteiger partial charge >= 0.3 is 0 Å². The number of rotatable bonds is 5. The number of aliphatic hydroxyl groups is 1. The molecule has 1 aliphatic rings. The second-order valence-electron chi connectivity index (χ2n) is 6.21. The van der Waals surface area contributed by atoms with Crippen molar-refractivity contribution in [3.8, 4) is 0 Å². The zero-order valence-corrected chi connectivity index (χ0v) is 13.6. The molecule has 4 nitrogen and oxygen atoms in total. The molecule has 5 heteroatoms. The van der Waals surface area contributed by atoms with Crippen molar-refractivity contribution >= 4 is 10.0 Å². The molecule has 1 saturated carbocycles. The molecular formula is C16H25NO3S. The largest absolute Gasteiger partial charge is 0.389 e. The van der Waals surface area contributed by atoms with Crippen LogP contribution in [-0.2, 0) is 10.0 Å². The predicted molar refractivity (Wildman–Crippen MR) is 83.6 cm³/mol. The molecule has 118 valence electrons. The van der Waals surface area contributed by atoms with Gasteiger partial charge in [0.2, 0.25) is 10.0 Å². The fourth-order valence-corrected chi connectivity index (χ4v) is 3.95. The summed E-state index contributed by atoms with van der Waals surface area (Å²) in [5.41, 5.74) is 0.120. The molecule has 0 aromatic heterocycles. The normalized spacial score (nSPS) is 26.7. The highest BCUT2D eigenvalue weighted by atomic mass is 32.2. The Labute approximate surface area is 127 Å². The molecule has 0 spiro atoms. The van der Waals surface area contributed by atoms with Crippen LogP contribution in [0.5, 0.6) is 0 Å². The maximum Gasteiger partial charge on any atom is 0.240 e. The van der Waals surface area contributed by atoms with Gasteiger partial charge in [0.25, 0.3) is 0 Å². The topological polar surface area (TPSA) is 66.4 Å². The lowest BCUT2D eigenvalue weighted by Gasteiger charge is -2.35. The summed E-state index contributed by atoms with van der Waals surface area (Å²) in [6.07, 6.45) is 4.41. The zero-order chi connectivity index (χ0) is 15.5. The first-order chi connectivity index (χ1) is 9.85. The SMILES string of the molecule is CCC1CCC(O)(CNS(=O)(=O)c2ccc(C)cc2)CC1. The van der Waals surface area contributed by atoms with Gasteiger partial charge in [-0.05, 0) is 50.7 Å². The van der Waals surface area contributed by atoms with Gasteiger partial charge < -0.3 is 5.11 Å². The van der Waals surface area contributed by atoms with Crippen molar-refractivity contribution in [2.45, 2.75) is 56.4 Å². The van der Waals surface area contributed by atoms with Gasteiger partial charge in [-0.3, -0.25) is 0 Å². The first kappa shape index (κ1) is 16.5. The van der Waals surface area contributed by atoms with Crippen molar-refractivity contribution < 1.29 is 13.5 Å². The first-order valence-corrected chi connectivity index (χ1v) is 9.12. The summed E-state index contributed by atoms with van der Waals surface area (Å²) in [6, 6.07) is 6.73. The third-order valence-corrected chi connectivity index (χ3v) is 5.95. The molecule has 0 radical (unpaired) electrons. The maximum absolute atomic E-state index is 12.2. The third kappa shape index (κ3) is 4.28. The van der Waals surface area contributed by atoms with Crippen LogP contribution >= 0.6 is 0 Å². The van der Waals surface area contributed by atoms with Crippen molar-refractivity contribution in [2.75, 3.05) is 6.54 Å². The van der Waals surface area contributed by atoms with Gasteiger partial charge in [-0.25, -0.2) is 13.1 Å². The van der Waals surface area contributed by atoms with E-state index < -0.39 is 15.6 Å². The Morgan fingerprint density at radius 2 is 1.81 bits per heavy atom. The lowest BCUT2D eigenvalue weighted by molar-refractivity contribution is -0.00442. The third-order valence-electron chi connectivity index (χ3n) is 4.54. The Balaban J connectivity index is 1.97. The van der Waals surface area contributed by atoms with Crippen molar-refractivity contribution in [1.82, 2.24) is 4.72 Å². The number of hydrogen-bond donors (Lipinski definition) is 2. The monoisotopic (exact) mass is 311 g/mol. The number of aryl methyl sites for hydroxylation is 1. The molecule has 0 heterocycles. The van der Waals surface area contributed by atoms with Crippen molar-refractivity contribution in [2.24, 2.45) is 5.92 Å². The molecule has 0 unspecified atom stereocenters. The van der Waals surface area contributed by atoms with E-state index >= 15 is 0 Å². The molecule has 0 saturated heterocycles. The number of sulfonamides is 1. The minimum absolute atomic E-state index is 0.0969. The minimum atomic E-state index is -3.54. The van der Waals surface area contributed by atoms with Crippen molar-refractivity contribution in [3.05, 3.63) is 29.8 Å². The van der Waals surface area contributed by atoms with E-state index in [1.165, 1.54) is 0 Å². The lowest BCUT2D eigenvalue weighted by atomic mass is 9.78. The summed E-state index contributed by atoms with van der Waals surface area (Å²) in [6.45, 7) is 4.17. The van der Waals surface area contributed by atoms with Crippen LogP contribution in [0, 0.1) is 12.8 Å². The summed E-state index contributed by atoms with van der Waals surface area (Å²) < 4.78 is 27.0. The van der Waals surface area contributed by atoms with E-state index in [1.54, 1.807) is 24.3 Å². The fraction of sp³-hybridized carbons (Fsp3) is 0.625. The van der Waals surface area contributed by atoms with Crippen LogP contribution in [0.4, 0.5) is 0 Å². The van der Waals surface area contributed by atoms with Crippen LogP contribution in [-0.4, -0.2) is 25.7 Å². The summed E-state index contributed by atoms with van der Waals surface area (Å²) in [4.78, 5) is 0.249. The summed E-state index contributed by atoms with van der Waals surface area (Å²) in [5.74, 6) is 0.666. The Morgan fingerprint density at radius 1 is 1.24 bits per heavy atom. The van der Waals surface area contributed by atoms with Gasteiger partial charge in [0, 0.05) is 6.54 Å². The molecule has 2 rings (SSSR count). The molecule has 0 aliphatic heterocycles. The molecule has 1 aromatic carbocycles. The quantitative estimate of drug-likeness (QED) is 0.878. The first-order valence-electron chi connectivity index (χ1n) is 7.63. The highest BCUT2D eigenvalue weighted by Gasteiger charge is 2.33. The number of benzene rings is 1. The van der Waals surface area contributed by atoms with E-state index in [2.05, 4.69) is 11.6 Å². The zero-order valence-electron chi connectivity index (χ0n) is 12.8. The molecule has 0 atom stereocenters. The fourth-order valence-electron chi connectivity index (χ4n) is 2.83. The van der Waals surface area contributed by atoms with Crippen LogP contribution in [0.25, 0.3) is 0 Å². The van der Waals surface area contributed by atoms with Crippen LogP contribution < -0.4 is 4.72 Å². The smallest absolute Gasteiger partial charge is 0.240 e. The van der Waals surface area contributed by atoms with Crippen molar-refractivity contribution in [1.29, 1.82) is 0 Å². The maximum atomic E-state index is 12.2. The predicted octanol–water partition coefficient (Wildman–Crippen LogP) is 2.60. The van der Waals surface area contributed by atoms with Crippen LogP contribution in [0.3, 0.4) is 0 Å². The number of hydrogen-bond acceptors (Lipinski definition) is 3. The van der Waals surface area contributed by atoms with E-state index in [9.17, 15) is 13.5 Å². The van der Waals surface area contributed by atoms with Crippen molar-refractivity contribution in [3.63, 3.8) is 0 Å². The molecule has 21 heavy (non-hydrogen) atoms. The molecule has 2 N–H and O–H groups in total. The molecule has 0 bridgehead atoms. The van der Waals surface area contributed by atoms with E-state index in [4.69, 9.17) is 0 Å². The standard InChI is InChI=1S/C16H25NO3S/c1-3-14-8-10-16(18,11-9-14)12-17-21(19,20)15-6-4-13(2)5-7-15/h4-7,14,17-18H,3,8-12H2,1-2H3. The van der Waals surface area contributed by atoms with Gasteiger partial charge in [0.1, 0.15) is 0 Å². The number of nitrogens with one attached hydrogen (secondary N) is 1. The van der Waals surface area contributed by atoms with Crippen LogP contribution in [0.1, 0.15) is 44.6 Å². The van der Waals surface area contributed by atoms with E-state index in [0.29, 0.717) is 18.8 Å². The van der Waals surface area contributed by atoms with Gasteiger partial charge in [0.15, 0.2) is 0 Å². The van der Waals surface area contributed by atoms with E-state index in [0.717, 1.165) is 24.8 Å². The van der Waals surface area contributed by atoms with E-state index in [-0.39, 0.29) is 11.4 Å². The average Bonchev–Trinajstić information content (AvgIpc) is 2.47. The Hall–Kier alpha value is -0.910. The van der Waals surface area contributed by atoms with Gasteiger partial charge in [0.05, 0.1) is 10.5 Å². The van der Waals surface area contributed by atoms with E-state index in [1.807, 2.05) is 6.92 Å². The van der Waals surface area contributed by atoms with Crippen LogP contribution in [0.2, 0.25) is 0 Å².